The molecule has 2 amide bonds. The molecule has 0 bridgehead atoms. The van der Waals surface area contributed by atoms with E-state index in [4.69, 9.17) is 4.74 Å². The normalized spacial score (nSPS) is 17.3. The molecule has 1 heterocycles. The third kappa shape index (κ3) is 6.00. The van der Waals surface area contributed by atoms with E-state index in [-0.39, 0.29) is 24.6 Å². The fraction of sp³-hybridized carbons (Fsp3) is 0.600. The Bertz CT molecular complexity index is 862. The van der Waals surface area contributed by atoms with Crippen LogP contribution >= 0.6 is 0 Å². The van der Waals surface area contributed by atoms with Crippen LogP contribution < -0.4 is 10.6 Å². The van der Waals surface area contributed by atoms with Crippen LogP contribution in [-0.4, -0.2) is 82.5 Å². The number of sulfonamides is 1. The average Bonchev–Trinajstić information content (AvgIpc) is 3.11. The lowest BCUT2D eigenvalue weighted by Crippen LogP contribution is -2.47. The third-order valence-electron chi connectivity index (χ3n) is 4.83. The second-order valence-corrected chi connectivity index (χ2v) is 9.62. The van der Waals surface area contributed by atoms with Gasteiger partial charge in [-0.15, -0.1) is 0 Å². The topological polar surface area (TPSA) is 108 Å². The minimum absolute atomic E-state index is 0.104. The number of nitrogens with one attached hydrogen (secondary N) is 2. The van der Waals surface area contributed by atoms with Gasteiger partial charge in [0, 0.05) is 13.1 Å². The Balaban J connectivity index is 1.99. The monoisotopic (exact) mass is 440 g/mol. The van der Waals surface area contributed by atoms with Gasteiger partial charge in [-0.05, 0) is 59.0 Å². The summed E-state index contributed by atoms with van der Waals surface area (Å²) >= 11 is 0. The lowest BCUT2D eigenvalue weighted by Gasteiger charge is -2.24. The quantitative estimate of drug-likeness (QED) is 0.440. The van der Waals surface area contributed by atoms with Gasteiger partial charge in [-0.3, -0.25) is 9.59 Å². The standard InChI is InChI=1S/C20H32N4O5S/c1-14-11-15(2)18(16(3)12-14)30(27,28)24-9-10-29-17(24)13-22-20(26)19(25)21-7-6-8-23(4)5/h11-12,17H,6-10,13H2,1-5H3,(H,21,25)(H,22,26). The Morgan fingerprint density at radius 3 is 2.33 bits per heavy atom. The zero-order valence-electron chi connectivity index (χ0n) is 18.3. The molecule has 1 atom stereocenters. The van der Waals surface area contributed by atoms with Gasteiger partial charge < -0.3 is 20.3 Å². The van der Waals surface area contributed by atoms with Crippen molar-refractivity contribution in [1.29, 1.82) is 0 Å². The maximum Gasteiger partial charge on any atom is 0.309 e. The fourth-order valence-corrected chi connectivity index (χ4v) is 5.50. The molecule has 9 nitrogen and oxygen atoms in total. The van der Waals surface area contributed by atoms with Crippen molar-refractivity contribution in [2.75, 3.05) is 46.9 Å². The second-order valence-electron chi connectivity index (χ2n) is 7.79. The predicted molar refractivity (Wildman–Crippen MR) is 113 cm³/mol. The molecule has 1 unspecified atom stereocenters. The summed E-state index contributed by atoms with van der Waals surface area (Å²) in [4.78, 5) is 26.2. The van der Waals surface area contributed by atoms with Gasteiger partial charge in [-0.2, -0.15) is 4.31 Å². The Morgan fingerprint density at radius 2 is 1.73 bits per heavy atom. The van der Waals surface area contributed by atoms with Crippen LogP contribution in [0.15, 0.2) is 17.0 Å². The maximum absolute atomic E-state index is 13.3. The van der Waals surface area contributed by atoms with Crippen LogP contribution in [0.1, 0.15) is 23.1 Å². The van der Waals surface area contributed by atoms with Crippen molar-refractivity contribution >= 4 is 21.8 Å². The number of aryl methyl sites for hydroxylation is 3. The summed E-state index contributed by atoms with van der Waals surface area (Å²) in [5, 5.41) is 5.02. The first-order valence-corrected chi connectivity index (χ1v) is 11.4. The number of rotatable bonds is 8. The van der Waals surface area contributed by atoms with E-state index in [1.165, 1.54) is 4.31 Å². The van der Waals surface area contributed by atoms with Gasteiger partial charge in [-0.25, -0.2) is 8.42 Å². The van der Waals surface area contributed by atoms with Gasteiger partial charge in [0.15, 0.2) is 0 Å². The smallest absolute Gasteiger partial charge is 0.309 e. The summed E-state index contributed by atoms with van der Waals surface area (Å²) in [6.45, 7) is 6.93. The highest BCUT2D eigenvalue weighted by Crippen LogP contribution is 2.28. The van der Waals surface area contributed by atoms with Crippen LogP contribution in [0, 0.1) is 20.8 Å². The number of hydrogen-bond donors (Lipinski definition) is 2. The van der Waals surface area contributed by atoms with Crippen LogP contribution in [0.4, 0.5) is 0 Å². The summed E-state index contributed by atoms with van der Waals surface area (Å²) in [6, 6.07) is 3.66. The molecule has 0 spiro atoms. The second kappa shape index (κ2) is 10.3. The molecule has 1 aliphatic heterocycles. The number of benzene rings is 1. The summed E-state index contributed by atoms with van der Waals surface area (Å²) in [5.74, 6) is -1.55. The Morgan fingerprint density at radius 1 is 1.13 bits per heavy atom. The highest BCUT2D eigenvalue weighted by atomic mass is 32.2. The molecule has 1 saturated heterocycles. The molecule has 0 aliphatic carbocycles. The van der Waals surface area contributed by atoms with E-state index < -0.39 is 28.1 Å². The summed E-state index contributed by atoms with van der Waals surface area (Å²) in [7, 11) is 0.0442. The molecule has 2 rings (SSSR count). The van der Waals surface area contributed by atoms with E-state index in [2.05, 4.69) is 10.6 Å². The van der Waals surface area contributed by atoms with Crippen LogP contribution in [0.5, 0.6) is 0 Å². The zero-order valence-corrected chi connectivity index (χ0v) is 19.1. The first kappa shape index (κ1) is 24.3. The van der Waals surface area contributed by atoms with Crippen molar-refractivity contribution in [3.63, 3.8) is 0 Å². The zero-order chi connectivity index (χ0) is 22.5. The number of amides is 2. The molecule has 168 valence electrons. The van der Waals surface area contributed by atoms with Gasteiger partial charge in [0.05, 0.1) is 18.0 Å². The van der Waals surface area contributed by atoms with Crippen LogP contribution in [0.2, 0.25) is 0 Å². The average molecular weight is 441 g/mol. The Labute approximate surface area is 178 Å². The summed E-state index contributed by atoms with van der Waals surface area (Å²) in [6.07, 6.45) is -0.139. The molecule has 1 aliphatic rings. The van der Waals surface area contributed by atoms with E-state index in [9.17, 15) is 18.0 Å². The molecule has 0 saturated carbocycles. The van der Waals surface area contributed by atoms with Gasteiger partial charge in [0.25, 0.3) is 0 Å². The van der Waals surface area contributed by atoms with Gasteiger partial charge in [0.2, 0.25) is 10.0 Å². The SMILES string of the molecule is Cc1cc(C)c(S(=O)(=O)N2CCOC2CNC(=O)C(=O)NCCCN(C)C)c(C)c1. The minimum Gasteiger partial charge on any atom is -0.359 e. The van der Waals surface area contributed by atoms with Crippen LogP contribution in [-0.2, 0) is 24.3 Å². The van der Waals surface area contributed by atoms with Crippen molar-refractivity contribution in [2.45, 2.75) is 38.3 Å². The van der Waals surface area contributed by atoms with Gasteiger partial charge in [0.1, 0.15) is 6.23 Å². The number of carbonyl (C=O) groups is 2. The number of carbonyl (C=O) groups excluding carboxylic acids is 2. The molecule has 1 aromatic carbocycles. The molecule has 10 heteroatoms. The van der Waals surface area contributed by atoms with Crippen molar-refractivity contribution in [2.24, 2.45) is 0 Å². The Kier molecular flexibility index (Phi) is 8.36. The lowest BCUT2D eigenvalue weighted by atomic mass is 10.1. The third-order valence-corrected chi connectivity index (χ3v) is 7.02. The first-order chi connectivity index (χ1) is 14.0. The molecule has 0 radical (unpaired) electrons. The van der Waals surface area contributed by atoms with Gasteiger partial charge in [-0.1, -0.05) is 17.7 Å². The van der Waals surface area contributed by atoms with Crippen molar-refractivity contribution in [3.05, 3.63) is 28.8 Å². The first-order valence-electron chi connectivity index (χ1n) is 9.96. The minimum atomic E-state index is -3.81. The molecule has 0 aromatic heterocycles. The number of ether oxygens (including phenoxy) is 1. The highest BCUT2D eigenvalue weighted by Gasteiger charge is 2.38. The summed E-state index contributed by atoms with van der Waals surface area (Å²) < 4.78 is 33.3. The van der Waals surface area contributed by atoms with E-state index in [1.807, 2.05) is 38.1 Å². The molecule has 30 heavy (non-hydrogen) atoms. The maximum atomic E-state index is 13.3. The molecular formula is C20H32N4O5S. The van der Waals surface area contributed by atoms with Gasteiger partial charge >= 0.3 is 11.8 Å². The number of nitrogens with zero attached hydrogens (tertiary/aromatic N) is 2. The number of hydrogen-bond acceptors (Lipinski definition) is 6. The van der Waals surface area contributed by atoms with Crippen LogP contribution in [0.3, 0.4) is 0 Å². The van der Waals surface area contributed by atoms with Crippen molar-refractivity contribution in [1.82, 2.24) is 19.8 Å². The van der Waals surface area contributed by atoms with Crippen LogP contribution in [0.25, 0.3) is 0 Å². The van der Waals surface area contributed by atoms with E-state index >= 15 is 0 Å². The Hall–Kier alpha value is -2.01. The molecular weight excluding hydrogens is 408 g/mol. The predicted octanol–water partition coefficient (Wildman–Crippen LogP) is 0.143. The lowest BCUT2D eigenvalue weighted by molar-refractivity contribution is -0.139. The molecule has 1 fully saturated rings. The van der Waals surface area contributed by atoms with E-state index in [1.54, 1.807) is 13.8 Å². The molecule has 2 N–H and O–H groups in total. The van der Waals surface area contributed by atoms with Crippen molar-refractivity contribution in [3.8, 4) is 0 Å². The highest BCUT2D eigenvalue weighted by molar-refractivity contribution is 7.89. The largest absolute Gasteiger partial charge is 0.359 e. The molecule has 1 aromatic rings. The van der Waals surface area contributed by atoms with E-state index in [0.717, 1.165) is 18.5 Å². The van der Waals surface area contributed by atoms with E-state index in [0.29, 0.717) is 17.7 Å². The summed E-state index contributed by atoms with van der Waals surface area (Å²) in [5.41, 5.74) is 2.32. The van der Waals surface area contributed by atoms with Crippen molar-refractivity contribution < 1.29 is 22.7 Å². The fourth-order valence-electron chi connectivity index (χ4n) is 3.57.